The second-order valence-electron chi connectivity index (χ2n) is 10.2. The molecule has 0 amide bonds. The zero-order chi connectivity index (χ0) is 28.7. The van der Waals surface area contributed by atoms with E-state index in [4.69, 9.17) is 0 Å². The standard InChI is InChI=1S/C21H27NO2S.C8H17NO2S.CH3I/c1-2-3-10-15-25(23,24)20-16-22(17-20)21(18-11-6-4-7-12-18)19-13-8-5-9-14-19;1-2-3-4-5-12(10,11)8-6-9-7-8;1-2/h4-9,11-14,20-21H,2-3,10,15-17H2,1H3;8-9H,2-7H2,1H3;1H3. The van der Waals surface area contributed by atoms with E-state index in [2.05, 4.69) is 70.9 Å². The van der Waals surface area contributed by atoms with Crippen molar-refractivity contribution in [2.45, 2.75) is 68.9 Å². The zero-order valence-electron chi connectivity index (χ0n) is 23.8. The van der Waals surface area contributed by atoms with Gasteiger partial charge in [-0.1, -0.05) is 123 Å². The van der Waals surface area contributed by atoms with E-state index >= 15 is 0 Å². The van der Waals surface area contributed by atoms with Gasteiger partial charge in [-0.25, -0.2) is 16.8 Å². The monoisotopic (exact) mass is 690 g/mol. The Kier molecular flexibility index (Phi) is 15.5. The van der Waals surface area contributed by atoms with Crippen molar-refractivity contribution < 1.29 is 16.8 Å². The first-order chi connectivity index (χ1) is 18.8. The minimum absolute atomic E-state index is 0.0886. The van der Waals surface area contributed by atoms with Gasteiger partial charge in [-0.3, -0.25) is 4.90 Å². The molecule has 2 heterocycles. The summed E-state index contributed by atoms with van der Waals surface area (Å²) in [6.45, 7) is 6.76. The van der Waals surface area contributed by atoms with Crippen LogP contribution in [0.1, 0.15) is 69.5 Å². The number of benzene rings is 2. The molecule has 2 saturated heterocycles. The van der Waals surface area contributed by atoms with Crippen LogP contribution in [0.25, 0.3) is 0 Å². The van der Waals surface area contributed by atoms with Crippen molar-refractivity contribution in [1.29, 1.82) is 0 Å². The Balaban J connectivity index is 0.000000320. The van der Waals surface area contributed by atoms with Gasteiger partial charge in [0.15, 0.2) is 19.7 Å². The van der Waals surface area contributed by atoms with Gasteiger partial charge in [0.25, 0.3) is 0 Å². The van der Waals surface area contributed by atoms with E-state index < -0.39 is 19.7 Å². The fourth-order valence-electron chi connectivity index (χ4n) is 4.75. The van der Waals surface area contributed by atoms with Gasteiger partial charge in [0.1, 0.15) is 0 Å². The van der Waals surface area contributed by atoms with Gasteiger partial charge in [-0.2, -0.15) is 0 Å². The number of sulfone groups is 2. The largest absolute Gasteiger partial charge is 0.314 e. The Morgan fingerprint density at radius 1 is 0.718 bits per heavy atom. The molecule has 0 bridgehead atoms. The average Bonchev–Trinajstić information content (AvgIpc) is 2.87. The van der Waals surface area contributed by atoms with E-state index in [1.54, 1.807) is 0 Å². The van der Waals surface area contributed by atoms with E-state index in [1.807, 2.05) is 41.3 Å². The summed E-state index contributed by atoms with van der Waals surface area (Å²) >= 11 is 2.15. The Bertz CT molecular complexity index is 1100. The Morgan fingerprint density at radius 2 is 1.13 bits per heavy atom. The first kappa shape index (κ1) is 34.2. The number of hydrogen-bond acceptors (Lipinski definition) is 6. The van der Waals surface area contributed by atoms with Crippen molar-refractivity contribution in [2.24, 2.45) is 0 Å². The highest BCUT2D eigenvalue weighted by atomic mass is 127. The van der Waals surface area contributed by atoms with Gasteiger partial charge in [0, 0.05) is 26.2 Å². The molecule has 0 aliphatic carbocycles. The molecule has 0 saturated carbocycles. The minimum Gasteiger partial charge on any atom is -0.314 e. The molecule has 2 aliphatic rings. The highest BCUT2D eigenvalue weighted by Gasteiger charge is 2.40. The molecule has 2 fully saturated rings. The topological polar surface area (TPSA) is 83.6 Å². The maximum atomic E-state index is 12.5. The molecule has 6 nitrogen and oxygen atoms in total. The molecule has 1 N–H and O–H groups in total. The number of halogens is 1. The summed E-state index contributed by atoms with van der Waals surface area (Å²) in [6.07, 6.45) is 5.77. The van der Waals surface area contributed by atoms with E-state index in [9.17, 15) is 16.8 Å². The van der Waals surface area contributed by atoms with E-state index in [0.717, 1.165) is 38.5 Å². The number of unbranched alkanes of at least 4 members (excludes halogenated alkanes) is 4. The molecule has 2 aromatic rings. The van der Waals surface area contributed by atoms with E-state index in [-0.39, 0.29) is 16.5 Å². The lowest BCUT2D eigenvalue weighted by molar-refractivity contribution is 0.144. The van der Waals surface area contributed by atoms with Crippen LogP contribution in [0, 0.1) is 0 Å². The van der Waals surface area contributed by atoms with Crippen molar-refractivity contribution in [3.05, 3.63) is 71.8 Å². The summed E-state index contributed by atoms with van der Waals surface area (Å²) in [7, 11) is -5.73. The SMILES string of the molecule is CCCCCS(=O)(=O)C1CN(C(c2ccccc2)c2ccccc2)C1.CCCCCS(=O)(=O)C1CNC1.CI. The molecule has 9 heteroatoms. The van der Waals surface area contributed by atoms with Crippen LogP contribution < -0.4 is 5.32 Å². The summed E-state index contributed by atoms with van der Waals surface area (Å²) in [6, 6.07) is 20.8. The quantitative estimate of drug-likeness (QED) is 0.166. The number of alkyl halides is 1. The number of likely N-dealkylation sites (tertiary alicyclic amines) is 1. The molecule has 0 spiro atoms. The summed E-state index contributed by atoms with van der Waals surface area (Å²) < 4.78 is 47.9. The Morgan fingerprint density at radius 3 is 1.49 bits per heavy atom. The average molecular weight is 691 g/mol. The molecule has 4 rings (SSSR count). The van der Waals surface area contributed by atoms with Crippen LogP contribution in [0.3, 0.4) is 0 Å². The van der Waals surface area contributed by atoms with Gasteiger partial charge in [0.2, 0.25) is 0 Å². The van der Waals surface area contributed by atoms with Crippen LogP contribution in [0.2, 0.25) is 0 Å². The van der Waals surface area contributed by atoms with Gasteiger partial charge in [-0.05, 0) is 28.9 Å². The first-order valence-corrected chi connectivity index (χ1v) is 19.7. The van der Waals surface area contributed by atoms with Crippen LogP contribution in [-0.4, -0.2) is 74.9 Å². The van der Waals surface area contributed by atoms with Gasteiger partial charge in [0.05, 0.1) is 28.0 Å². The van der Waals surface area contributed by atoms with Crippen molar-refractivity contribution in [1.82, 2.24) is 10.2 Å². The number of nitrogens with zero attached hydrogens (tertiary/aromatic N) is 1. The maximum absolute atomic E-state index is 12.5. The van der Waals surface area contributed by atoms with Crippen molar-refractivity contribution >= 4 is 42.3 Å². The van der Waals surface area contributed by atoms with Gasteiger partial charge >= 0.3 is 0 Å². The van der Waals surface area contributed by atoms with Gasteiger partial charge in [-0.15, -0.1) is 0 Å². The summed E-state index contributed by atoms with van der Waals surface area (Å²) in [5, 5.41) is 2.68. The second-order valence-corrected chi connectivity index (χ2v) is 15.0. The first-order valence-electron chi connectivity index (χ1n) is 14.1. The fourth-order valence-corrected chi connectivity index (χ4v) is 8.21. The molecule has 39 heavy (non-hydrogen) atoms. The van der Waals surface area contributed by atoms with Crippen LogP contribution in [0.5, 0.6) is 0 Å². The third-order valence-corrected chi connectivity index (χ3v) is 11.7. The highest BCUT2D eigenvalue weighted by molar-refractivity contribution is 14.1. The smallest absolute Gasteiger partial charge is 0.155 e. The van der Waals surface area contributed by atoms with Crippen LogP contribution in [0.4, 0.5) is 0 Å². The second kappa shape index (κ2) is 17.7. The fraction of sp³-hybridized carbons (Fsp3) is 0.600. The lowest BCUT2D eigenvalue weighted by Gasteiger charge is -2.44. The van der Waals surface area contributed by atoms with E-state index in [1.165, 1.54) is 11.1 Å². The predicted molar refractivity (Wildman–Crippen MR) is 173 cm³/mol. The van der Waals surface area contributed by atoms with Crippen LogP contribution >= 0.6 is 22.6 Å². The lowest BCUT2D eigenvalue weighted by Crippen LogP contribution is -2.56. The molecule has 2 aliphatic heterocycles. The number of nitrogens with one attached hydrogen (secondary N) is 1. The summed E-state index contributed by atoms with van der Waals surface area (Å²) in [5.74, 6) is 0.716. The third kappa shape index (κ3) is 10.7. The van der Waals surface area contributed by atoms with Crippen LogP contribution in [-0.2, 0) is 19.7 Å². The molecule has 0 aromatic heterocycles. The van der Waals surface area contributed by atoms with Gasteiger partial charge < -0.3 is 5.32 Å². The van der Waals surface area contributed by atoms with Crippen molar-refractivity contribution in [3.63, 3.8) is 0 Å². The molecular weight excluding hydrogens is 643 g/mol. The van der Waals surface area contributed by atoms with Crippen molar-refractivity contribution in [3.8, 4) is 0 Å². The Hall–Kier alpha value is -1.01. The highest BCUT2D eigenvalue weighted by Crippen LogP contribution is 2.34. The van der Waals surface area contributed by atoms with E-state index in [0.29, 0.717) is 37.7 Å². The summed E-state index contributed by atoms with van der Waals surface area (Å²) in [5.41, 5.74) is 2.44. The summed E-state index contributed by atoms with van der Waals surface area (Å²) in [4.78, 5) is 4.25. The predicted octanol–water partition coefficient (Wildman–Crippen LogP) is 5.68. The molecular formula is C30H47IN2O4S2. The molecule has 2 aromatic carbocycles. The lowest BCUT2D eigenvalue weighted by atomic mass is 9.94. The zero-order valence-corrected chi connectivity index (χ0v) is 27.6. The number of rotatable bonds is 13. The molecule has 0 radical (unpaired) electrons. The third-order valence-electron chi connectivity index (χ3n) is 7.30. The maximum Gasteiger partial charge on any atom is 0.155 e. The molecule has 220 valence electrons. The minimum atomic E-state index is -2.97. The van der Waals surface area contributed by atoms with Crippen molar-refractivity contribution in [2.75, 3.05) is 42.6 Å². The normalized spacial score (nSPS) is 16.3. The van der Waals surface area contributed by atoms with Crippen LogP contribution in [0.15, 0.2) is 60.7 Å². The molecule has 0 unspecified atom stereocenters. The number of hydrogen-bond donors (Lipinski definition) is 1. The Labute approximate surface area is 251 Å². The molecule has 0 atom stereocenters.